The topological polar surface area (TPSA) is 62.2 Å². The monoisotopic (exact) mass is 326 g/mol. The number of pyridine rings is 1. The molecule has 0 aromatic carbocycles. The van der Waals surface area contributed by atoms with Crippen molar-refractivity contribution in [1.29, 1.82) is 0 Å². The van der Waals surface area contributed by atoms with Crippen LogP contribution in [-0.4, -0.2) is 22.6 Å². The molecule has 2 heterocycles. The fourth-order valence-electron chi connectivity index (χ4n) is 1.43. The number of thiophene rings is 1. The van der Waals surface area contributed by atoms with E-state index in [-0.39, 0.29) is 12.5 Å². The van der Waals surface area contributed by atoms with Gasteiger partial charge in [-0.2, -0.15) is 0 Å². The van der Waals surface area contributed by atoms with Gasteiger partial charge in [0.2, 0.25) is 0 Å². The van der Waals surface area contributed by atoms with Crippen LogP contribution in [-0.2, 0) is 6.42 Å². The molecule has 0 atom stereocenters. The molecule has 94 valence electrons. The van der Waals surface area contributed by atoms with E-state index in [0.29, 0.717) is 17.7 Å². The lowest BCUT2D eigenvalue weighted by atomic mass is 10.2. The number of amides is 1. The summed E-state index contributed by atoms with van der Waals surface area (Å²) in [5.74, 6) is -0.175. The molecule has 2 rings (SSSR count). The number of aliphatic hydroxyl groups excluding tert-OH is 1. The number of aliphatic hydroxyl groups is 1. The van der Waals surface area contributed by atoms with Crippen molar-refractivity contribution in [2.75, 3.05) is 11.9 Å². The molecule has 0 aliphatic carbocycles. The molecule has 6 heteroatoms. The number of anilines is 1. The smallest absolute Gasteiger partial charge is 0.256 e. The van der Waals surface area contributed by atoms with Gasteiger partial charge in [-0.1, -0.05) is 0 Å². The summed E-state index contributed by atoms with van der Waals surface area (Å²) in [6.45, 7) is 0.0238. The summed E-state index contributed by atoms with van der Waals surface area (Å²) < 4.78 is 0.943. The average Bonchev–Trinajstić information content (AvgIpc) is 2.75. The fraction of sp³-hybridized carbons (Fsp3) is 0.167. The van der Waals surface area contributed by atoms with E-state index in [4.69, 9.17) is 5.11 Å². The summed E-state index contributed by atoms with van der Waals surface area (Å²) in [5.41, 5.74) is 1.25. The highest BCUT2D eigenvalue weighted by atomic mass is 79.9. The molecule has 18 heavy (non-hydrogen) atoms. The molecule has 4 nitrogen and oxygen atoms in total. The number of aromatic nitrogens is 1. The molecule has 0 bridgehead atoms. The molecule has 0 unspecified atom stereocenters. The number of nitrogens with one attached hydrogen (secondary N) is 1. The normalized spacial score (nSPS) is 10.3. The van der Waals surface area contributed by atoms with E-state index in [1.165, 1.54) is 11.3 Å². The number of hydrogen-bond acceptors (Lipinski definition) is 4. The average molecular weight is 327 g/mol. The standard InChI is InChI=1S/C12H11BrN2O2S/c13-9-6-11(18-7-9)15-12(17)8-1-3-14-10(5-8)2-4-16/h1,3,5-7,16H,2,4H2,(H,15,17). The van der Waals surface area contributed by atoms with Crippen molar-refractivity contribution in [3.63, 3.8) is 0 Å². The van der Waals surface area contributed by atoms with Gasteiger partial charge in [-0.25, -0.2) is 0 Å². The lowest BCUT2D eigenvalue weighted by Crippen LogP contribution is -2.11. The van der Waals surface area contributed by atoms with Gasteiger partial charge in [0.15, 0.2) is 0 Å². The zero-order valence-corrected chi connectivity index (χ0v) is 11.8. The number of halogens is 1. The van der Waals surface area contributed by atoms with Gasteiger partial charge in [0.25, 0.3) is 5.91 Å². The summed E-state index contributed by atoms with van der Waals surface area (Å²) >= 11 is 4.78. The van der Waals surface area contributed by atoms with Crippen molar-refractivity contribution in [3.05, 3.63) is 45.5 Å². The zero-order chi connectivity index (χ0) is 13.0. The molecule has 0 radical (unpaired) electrons. The fourth-order valence-corrected chi connectivity index (χ4v) is 2.75. The summed E-state index contributed by atoms with van der Waals surface area (Å²) in [4.78, 5) is 16.0. The van der Waals surface area contributed by atoms with Crippen LogP contribution in [0, 0.1) is 0 Å². The highest BCUT2D eigenvalue weighted by Gasteiger charge is 2.08. The van der Waals surface area contributed by atoms with E-state index in [2.05, 4.69) is 26.2 Å². The molecule has 1 amide bonds. The van der Waals surface area contributed by atoms with Crippen LogP contribution in [0.2, 0.25) is 0 Å². The van der Waals surface area contributed by atoms with Crippen LogP contribution >= 0.6 is 27.3 Å². The first kappa shape index (κ1) is 13.2. The number of carbonyl (C=O) groups excluding carboxylic acids is 1. The first-order chi connectivity index (χ1) is 8.69. The van der Waals surface area contributed by atoms with Gasteiger partial charge in [0, 0.05) is 40.3 Å². The van der Waals surface area contributed by atoms with Crippen molar-refractivity contribution >= 4 is 38.2 Å². The highest BCUT2D eigenvalue weighted by molar-refractivity contribution is 9.10. The van der Waals surface area contributed by atoms with Crippen LogP contribution in [0.3, 0.4) is 0 Å². The van der Waals surface area contributed by atoms with E-state index in [9.17, 15) is 4.79 Å². The maximum atomic E-state index is 12.0. The minimum Gasteiger partial charge on any atom is -0.396 e. The van der Waals surface area contributed by atoms with E-state index in [1.54, 1.807) is 18.3 Å². The first-order valence-electron chi connectivity index (χ1n) is 5.30. The van der Waals surface area contributed by atoms with Gasteiger partial charge >= 0.3 is 0 Å². The second kappa shape index (κ2) is 6.08. The zero-order valence-electron chi connectivity index (χ0n) is 9.39. The molecule has 2 N–H and O–H groups in total. The molecular formula is C12H11BrN2O2S. The van der Waals surface area contributed by atoms with Crippen molar-refractivity contribution in [2.45, 2.75) is 6.42 Å². The molecule has 0 aliphatic heterocycles. The van der Waals surface area contributed by atoms with Crippen molar-refractivity contribution in [1.82, 2.24) is 4.98 Å². The molecule has 2 aromatic rings. The van der Waals surface area contributed by atoms with Crippen molar-refractivity contribution in [3.8, 4) is 0 Å². The number of nitrogens with zero attached hydrogens (tertiary/aromatic N) is 1. The maximum Gasteiger partial charge on any atom is 0.256 e. The summed E-state index contributed by atoms with van der Waals surface area (Å²) in [5, 5.41) is 14.3. The number of rotatable bonds is 4. The minimum atomic E-state index is -0.175. The summed E-state index contributed by atoms with van der Waals surface area (Å²) in [6, 6.07) is 5.19. The summed E-state index contributed by atoms with van der Waals surface area (Å²) in [6.07, 6.45) is 2.02. The Bertz CT molecular complexity index is 557. The highest BCUT2D eigenvalue weighted by Crippen LogP contribution is 2.24. The molecule has 0 fully saturated rings. The van der Waals surface area contributed by atoms with Crippen molar-refractivity contribution in [2.24, 2.45) is 0 Å². The third-order valence-corrected chi connectivity index (χ3v) is 3.86. The van der Waals surface area contributed by atoms with Gasteiger partial charge in [-0.15, -0.1) is 11.3 Å². The summed E-state index contributed by atoms with van der Waals surface area (Å²) in [7, 11) is 0. The third-order valence-electron chi connectivity index (χ3n) is 2.25. The van der Waals surface area contributed by atoms with Gasteiger partial charge in [-0.3, -0.25) is 9.78 Å². The van der Waals surface area contributed by atoms with Crippen LogP contribution < -0.4 is 5.32 Å². The van der Waals surface area contributed by atoms with Crippen LogP contribution in [0.5, 0.6) is 0 Å². The van der Waals surface area contributed by atoms with E-state index in [1.807, 2.05) is 11.4 Å². The molecule has 0 spiro atoms. The predicted molar refractivity (Wildman–Crippen MR) is 75.0 cm³/mol. The van der Waals surface area contributed by atoms with Gasteiger partial charge in [0.1, 0.15) is 0 Å². The van der Waals surface area contributed by atoms with Gasteiger partial charge in [0.05, 0.1) is 5.00 Å². The van der Waals surface area contributed by atoms with Crippen LogP contribution in [0.15, 0.2) is 34.2 Å². The Labute approximate surface area is 117 Å². The van der Waals surface area contributed by atoms with Crippen LogP contribution in [0.1, 0.15) is 16.1 Å². The molecular weight excluding hydrogens is 316 g/mol. The lowest BCUT2D eigenvalue weighted by Gasteiger charge is -2.04. The van der Waals surface area contributed by atoms with Crippen molar-refractivity contribution < 1.29 is 9.90 Å². The van der Waals surface area contributed by atoms with Gasteiger partial charge in [-0.05, 0) is 34.1 Å². The molecule has 0 saturated carbocycles. The molecule has 2 aromatic heterocycles. The SMILES string of the molecule is O=C(Nc1cc(Br)cs1)c1ccnc(CCO)c1. The second-order valence-corrected chi connectivity index (χ2v) is 5.42. The Balaban J connectivity index is 2.11. The number of carbonyl (C=O) groups is 1. The second-order valence-electron chi connectivity index (χ2n) is 3.59. The first-order valence-corrected chi connectivity index (χ1v) is 6.97. The third kappa shape index (κ3) is 3.38. The Kier molecular flexibility index (Phi) is 4.46. The van der Waals surface area contributed by atoms with E-state index < -0.39 is 0 Å². The Hall–Kier alpha value is -1.24. The lowest BCUT2D eigenvalue weighted by molar-refractivity contribution is 0.102. The Morgan fingerprint density at radius 3 is 3.00 bits per heavy atom. The molecule has 0 aliphatic rings. The van der Waals surface area contributed by atoms with Crippen LogP contribution in [0.4, 0.5) is 5.00 Å². The quantitative estimate of drug-likeness (QED) is 0.908. The van der Waals surface area contributed by atoms with E-state index >= 15 is 0 Å². The van der Waals surface area contributed by atoms with Gasteiger partial charge < -0.3 is 10.4 Å². The number of hydrogen-bond donors (Lipinski definition) is 2. The Morgan fingerprint density at radius 2 is 2.33 bits per heavy atom. The van der Waals surface area contributed by atoms with E-state index in [0.717, 1.165) is 9.47 Å². The Morgan fingerprint density at radius 1 is 1.50 bits per heavy atom. The predicted octanol–water partition coefficient (Wildman–Crippen LogP) is 2.69. The van der Waals surface area contributed by atoms with Crippen LogP contribution in [0.25, 0.3) is 0 Å². The minimum absolute atomic E-state index is 0.0238. The maximum absolute atomic E-state index is 12.0. The largest absolute Gasteiger partial charge is 0.396 e. The molecule has 0 saturated heterocycles.